The normalized spacial score (nSPS) is 11.7. The number of benzene rings is 2. The van der Waals surface area contributed by atoms with Crippen LogP contribution in [0.2, 0.25) is 0 Å². The number of fused-ring (bicyclic) bond motifs is 1. The zero-order valence-corrected chi connectivity index (χ0v) is 24.2. The first-order valence-electron chi connectivity index (χ1n) is 14.1. The molecule has 4 aromatic rings. The lowest BCUT2D eigenvalue weighted by molar-refractivity contribution is 0.0919. The lowest BCUT2D eigenvalue weighted by atomic mass is 9.98. The number of pyridine rings is 1. The van der Waals surface area contributed by atoms with Crippen LogP contribution in [0.25, 0.3) is 28.0 Å². The van der Waals surface area contributed by atoms with Crippen LogP contribution < -0.4 is 16.2 Å². The second kappa shape index (κ2) is 12.6. The van der Waals surface area contributed by atoms with Crippen LogP contribution in [0.1, 0.15) is 70.7 Å². The Morgan fingerprint density at radius 3 is 2.32 bits per heavy atom. The summed E-state index contributed by atoms with van der Waals surface area (Å²) in [6.07, 6.45) is 4.13. The van der Waals surface area contributed by atoms with Gasteiger partial charge in [-0.2, -0.15) is 4.98 Å². The van der Waals surface area contributed by atoms with E-state index >= 15 is 0 Å². The third-order valence-electron chi connectivity index (χ3n) is 7.03. The number of hydrogen-bond acceptors (Lipinski definition) is 5. The second-order valence-electron chi connectivity index (χ2n) is 11.2. The number of hydrogen-bond donors (Lipinski definition) is 2. The number of para-hydroxylation sites is 1. The molecule has 0 saturated heterocycles. The maximum atomic E-state index is 14.9. The molecular formula is C32H37F2N5O2. The van der Waals surface area contributed by atoms with E-state index in [-0.39, 0.29) is 17.5 Å². The van der Waals surface area contributed by atoms with Crippen molar-refractivity contribution in [3.05, 3.63) is 82.1 Å². The van der Waals surface area contributed by atoms with E-state index in [0.717, 1.165) is 42.4 Å². The average Bonchev–Trinajstić information content (AvgIpc) is 2.93. The summed E-state index contributed by atoms with van der Waals surface area (Å²) < 4.78 is 30.8. The quantitative estimate of drug-likeness (QED) is 0.206. The van der Waals surface area contributed by atoms with Crippen molar-refractivity contribution in [1.82, 2.24) is 19.9 Å². The van der Waals surface area contributed by atoms with E-state index in [1.807, 2.05) is 20.8 Å². The molecule has 0 aliphatic heterocycles. The molecule has 0 radical (unpaired) electrons. The molecule has 2 heterocycles. The van der Waals surface area contributed by atoms with Gasteiger partial charge in [-0.25, -0.2) is 13.8 Å². The van der Waals surface area contributed by atoms with Crippen LogP contribution in [-0.4, -0.2) is 32.5 Å². The summed E-state index contributed by atoms with van der Waals surface area (Å²) in [6.45, 7) is 10.6. The largest absolute Gasteiger partial charge is 0.354 e. The fourth-order valence-electron chi connectivity index (χ4n) is 4.84. The first-order valence-corrected chi connectivity index (χ1v) is 14.1. The summed E-state index contributed by atoms with van der Waals surface area (Å²) in [6, 6.07) is 13.2. The van der Waals surface area contributed by atoms with Crippen LogP contribution in [0.3, 0.4) is 0 Å². The van der Waals surface area contributed by atoms with Gasteiger partial charge in [0, 0.05) is 34.7 Å². The van der Waals surface area contributed by atoms with Crippen LogP contribution in [0.5, 0.6) is 0 Å². The molecule has 0 aliphatic carbocycles. The summed E-state index contributed by atoms with van der Waals surface area (Å²) in [5, 5.41) is 6.60. The number of nitrogens with zero attached hydrogens (tertiary/aromatic N) is 3. The SMILES string of the molecule is CCC(CC)CCCNc1nc(-c2cccc(C(=O)NC(C)(C)C)c2)c2ccc(=O)n(-c3c(F)cccc3F)c2n1. The molecule has 9 heteroatoms. The lowest BCUT2D eigenvalue weighted by Gasteiger charge is -2.20. The maximum Gasteiger partial charge on any atom is 0.256 e. The van der Waals surface area contributed by atoms with E-state index in [1.165, 1.54) is 12.1 Å². The number of anilines is 1. The molecule has 216 valence electrons. The van der Waals surface area contributed by atoms with E-state index < -0.39 is 28.4 Å². The van der Waals surface area contributed by atoms with Gasteiger partial charge in [0.05, 0.1) is 5.69 Å². The molecule has 4 rings (SSSR count). The Morgan fingerprint density at radius 2 is 1.66 bits per heavy atom. The minimum atomic E-state index is -0.889. The van der Waals surface area contributed by atoms with Gasteiger partial charge < -0.3 is 10.6 Å². The number of carbonyl (C=O) groups excluding carboxylic acids is 1. The van der Waals surface area contributed by atoms with E-state index in [1.54, 1.807) is 30.3 Å². The van der Waals surface area contributed by atoms with E-state index in [9.17, 15) is 18.4 Å². The fourth-order valence-corrected chi connectivity index (χ4v) is 4.84. The zero-order chi connectivity index (χ0) is 29.7. The van der Waals surface area contributed by atoms with Gasteiger partial charge >= 0.3 is 0 Å². The average molecular weight is 562 g/mol. The van der Waals surface area contributed by atoms with E-state index in [4.69, 9.17) is 4.98 Å². The van der Waals surface area contributed by atoms with Gasteiger partial charge in [0.25, 0.3) is 11.5 Å². The standard InChI is InChI=1S/C32H37F2N5O2/c1-6-20(7-2)11-10-18-35-31-36-27(21-12-8-13-22(19-21)30(41)38-32(3,4)5)23-16-17-26(40)39(29(23)37-31)28-24(33)14-9-15-25(28)34/h8-9,12-17,19-20H,6-7,10-11,18H2,1-5H3,(H,38,41)(H,35,36,37). The molecule has 1 amide bonds. The van der Waals surface area contributed by atoms with Crippen molar-refractivity contribution in [2.75, 3.05) is 11.9 Å². The first-order chi connectivity index (χ1) is 19.5. The smallest absolute Gasteiger partial charge is 0.256 e. The molecule has 2 aromatic heterocycles. The van der Waals surface area contributed by atoms with Crippen molar-refractivity contribution < 1.29 is 13.6 Å². The minimum Gasteiger partial charge on any atom is -0.354 e. The molecule has 7 nitrogen and oxygen atoms in total. The van der Waals surface area contributed by atoms with Crippen LogP contribution in [0.15, 0.2) is 59.4 Å². The van der Waals surface area contributed by atoms with Gasteiger partial charge in [0.2, 0.25) is 5.95 Å². The summed E-state index contributed by atoms with van der Waals surface area (Å²) in [5.41, 5.74) is -0.0716. The minimum absolute atomic E-state index is 0.0542. The van der Waals surface area contributed by atoms with Crippen molar-refractivity contribution in [3.63, 3.8) is 0 Å². The molecule has 0 fully saturated rings. The third kappa shape index (κ3) is 6.96. The van der Waals surface area contributed by atoms with Crippen molar-refractivity contribution in [2.45, 2.75) is 65.8 Å². The first kappa shape index (κ1) is 29.8. The van der Waals surface area contributed by atoms with Crippen LogP contribution in [0, 0.1) is 17.6 Å². The predicted molar refractivity (Wildman–Crippen MR) is 160 cm³/mol. The van der Waals surface area contributed by atoms with Crippen molar-refractivity contribution in [1.29, 1.82) is 0 Å². The molecule has 0 atom stereocenters. The zero-order valence-electron chi connectivity index (χ0n) is 24.2. The van der Waals surface area contributed by atoms with Gasteiger partial charge in [-0.05, 0) is 69.9 Å². The highest BCUT2D eigenvalue weighted by Crippen LogP contribution is 2.30. The topological polar surface area (TPSA) is 88.9 Å². The highest BCUT2D eigenvalue weighted by Gasteiger charge is 2.21. The molecule has 0 bridgehead atoms. The maximum absolute atomic E-state index is 14.9. The summed E-state index contributed by atoms with van der Waals surface area (Å²) in [4.78, 5) is 35.3. The molecule has 0 saturated carbocycles. The Bertz CT molecular complexity index is 1590. The Hall–Kier alpha value is -4.14. The van der Waals surface area contributed by atoms with Crippen molar-refractivity contribution >= 4 is 22.9 Å². The molecule has 0 spiro atoms. The number of halogens is 2. The van der Waals surface area contributed by atoms with Gasteiger partial charge in [0.1, 0.15) is 17.3 Å². The highest BCUT2D eigenvalue weighted by atomic mass is 19.1. The van der Waals surface area contributed by atoms with Gasteiger partial charge in [-0.3, -0.25) is 14.2 Å². The summed E-state index contributed by atoms with van der Waals surface area (Å²) in [7, 11) is 0. The molecule has 2 aromatic carbocycles. The van der Waals surface area contributed by atoms with Crippen LogP contribution >= 0.6 is 0 Å². The Balaban J connectivity index is 1.87. The Morgan fingerprint density at radius 1 is 0.976 bits per heavy atom. The molecule has 0 unspecified atom stereocenters. The summed E-state index contributed by atoms with van der Waals surface area (Å²) in [5.74, 6) is -1.18. The number of nitrogens with one attached hydrogen (secondary N) is 2. The Labute approximate surface area is 239 Å². The third-order valence-corrected chi connectivity index (χ3v) is 7.03. The fraction of sp³-hybridized carbons (Fsp3) is 0.375. The number of rotatable bonds is 10. The number of aromatic nitrogens is 3. The van der Waals surface area contributed by atoms with E-state index in [0.29, 0.717) is 34.7 Å². The van der Waals surface area contributed by atoms with Gasteiger partial charge in [-0.15, -0.1) is 0 Å². The van der Waals surface area contributed by atoms with Gasteiger partial charge in [-0.1, -0.05) is 44.9 Å². The number of carbonyl (C=O) groups is 1. The van der Waals surface area contributed by atoms with Crippen LogP contribution in [-0.2, 0) is 0 Å². The predicted octanol–water partition coefficient (Wildman–Crippen LogP) is 6.88. The Kier molecular flexibility index (Phi) is 9.15. The lowest BCUT2D eigenvalue weighted by Crippen LogP contribution is -2.40. The van der Waals surface area contributed by atoms with Crippen molar-refractivity contribution in [2.24, 2.45) is 5.92 Å². The molecule has 41 heavy (non-hydrogen) atoms. The molecule has 2 N–H and O–H groups in total. The van der Waals surface area contributed by atoms with Crippen LogP contribution in [0.4, 0.5) is 14.7 Å². The molecule has 0 aliphatic rings. The second-order valence-corrected chi connectivity index (χ2v) is 11.2. The van der Waals surface area contributed by atoms with E-state index in [2.05, 4.69) is 29.5 Å². The molecular weight excluding hydrogens is 524 g/mol. The summed E-state index contributed by atoms with van der Waals surface area (Å²) >= 11 is 0. The highest BCUT2D eigenvalue weighted by molar-refractivity contribution is 5.98. The van der Waals surface area contributed by atoms with Gasteiger partial charge in [0.15, 0.2) is 5.65 Å². The van der Waals surface area contributed by atoms with Crippen molar-refractivity contribution in [3.8, 4) is 16.9 Å². The monoisotopic (exact) mass is 561 g/mol. The number of amides is 1.